The summed E-state index contributed by atoms with van der Waals surface area (Å²) in [4.78, 5) is 30.5. The number of nitrogens with zero attached hydrogens (tertiary/aromatic N) is 7. The number of carbonyl (C=O) groups excluding carboxylic acids is 1. The number of nitrogens with one attached hydrogen (secondary N) is 3. The molecule has 6 rings (SSSR count). The summed E-state index contributed by atoms with van der Waals surface area (Å²) in [6.07, 6.45) is 0.474. The monoisotopic (exact) mass is 620 g/mol. The number of aromatic nitrogens is 5. The van der Waals surface area contributed by atoms with E-state index in [0.717, 1.165) is 43.6 Å². The van der Waals surface area contributed by atoms with Crippen molar-refractivity contribution in [2.45, 2.75) is 51.9 Å². The molecule has 14 heteroatoms. The zero-order chi connectivity index (χ0) is 31.7. The van der Waals surface area contributed by atoms with Crippen LogP contribution < -0.4 is 20.9 Å². The molecule has 2 aromatic carbocycles. The molecule has 2 fully saturated rings. The van der Waals surface area contributed by atoms with E-state index in [4.69, 9.17) is 0 Å². The number of alkyl halides is 3. The average Bonchev–Trinajstić information content (AvgIpc) is 3.71. The maximum atomic E-state index is 13.9. The Bertz CT molecular complexity index is 1680. The number of benzene rings is 2. The Hall–Kier alpha value is -4.72. The van der Waals surface area contributed by atoms with Crippen LogP contribution in [0.5, 0.6) is 0 Å². The number of carbonyl (C=O) groups is 1. The summed E-state index contributed by atoms with van der Waals surface area (Å²) in [6.45, 7) is 8.76. The summed E-state index contributed by atoms with van der Waals surface area (Å²) in [7, 11) is 0. The number of piperazine rings is 1. The summed E-state index contributed by atoms with van der Waals surface area (Å²) in [5.41, 5.74) is 1.35. The van der Waals surface area contributed by atoms with Crippen LogP contribution in [-0.2, 0) is 6.18 Å². The molecule has 4 aromatic rings. The Labute approximate surface area is 258 Å². The van der Waals surface area contributed by atoms with Gasteiger partial charge in [0, 0.05) is 67.0 Å². The Balaban J connectivity index is 1.21. The molecule has 2 aromatic heterocycles. The number of aryl methyl sites for hydroxylation is 1. The minimum Gasteiger partial charge on any atom is -0.369 e. The van der Waals surface area contributed by atoms with Gasteiger partial charge in [-0.15, -0.1) is 0 Å². The molecule has 0 unspecified atom stereocenters. The van der Waals surface area contributed by atoms with Crippen molar-refractivity contribution in [3.63, 3.8) is 0 Å². The highest BCUT2D eigenvalue weighted by molar-refractivity contribution is 6.05. The lowest BCUT2D eigenvalue weighted by atomic mass is 10.1. The molecular formula is C31H35F3N10O. The summed E-state index contributed by atoms with van der Waals surface area (Å²) < 4.78 is 43.2. The van der Waals surface area contributed by atoms with E-state index in [1.165, 1.54) is 17.3 Å². The zero-order valence-electron chi connectivity index (χ0n) is 25.3. The van der Waals surface area contributed by atoms with Crippen LogP contribution >= 0.6 is 0 Å². The van der Waals surface area contributed by atoms with Gasteiger partial charge in [0.25, 0.3) is 5.91 Å². The van der Waals surface area contributed by atoms with Crippen molar-refractivity contribution in [2.24, 2.45) is 0 Å². The number of amides is 1. The van der Waals surface area contributed by atoms with Gasteiger partial charge in [-0.25, -0.2) is 9.97 Å². The third-order valence-electron chi connectivity index (χ3n) is 8.01. The van der Waals surface area contributed by atoms with Gasteiger partial charge in [0.1, 0.15) is 18.5 Å². The predicted octanol–water partition coefficient (Wildman–Crippen LogP) is 5.49. The van der Waals surface area contributed by atoms with E-state index in [-0.39, 0.29) is 11.3 Å². The molecule has 3 N–H and O–H groups in total. The van der Waals surface area contributed by atoms with Crippen LogP contribution in [0.2, 0.25) is 0 Å². The van der Waals surface area contributed by atoms with Crippen LogP contribution in [-0.4, -0.2) is 73.8 Å². The third-order valence-corrected chi connectivity index (χ3v) is 8.01. The predicted molar refractivity (Wildman–Crippen MR) is 166 cm³/mol. The van der Waals surface area contributed by atoms with Gasteiger partial charge in [-0.1, -0.05) is 6.07 Å². The van der Waals surface area contributed by atoms with Gasteiger partial charge in [-0.2, -0.15) is 27.9 Å². The van der Waals surface area contributed by atoms with Gasteiger partial charge >= 0.3 is 6.18 Å². The van der Waals surface area contributed by atoms with Gasteiger partial charge in [0.2, 0.25) is 5.95 Å². The summed E-state index contributed by atoms with van der Waals surface area (Å²) in [6, 6.07) is 11.3. The smallest absolute Gasteiger partial charge is 0.369 e. The molecule has 11 nitrogen and oxygen atoms in total. The molecule has 1 saturated carbocycles. The van der Waals surface area contributed by atoms with Crippen molar-refractivity contribution in [1.82, 2.24) is 29.6 Å². The minimum atomic E-state index is -4.56. The van der Waals surface area contributed by atoms with Crippen molar-refractivity contribution in [3.8, 4) is 5.82 Å². The zero-order valence-corrected chi connectivity index (χ0v) is 25.3. The highest BCUT2D eigenvalue weighted by Crippen LogP contribution is 2.35. The minimum absolute atomic E-state index is 0.0744. The topological polar surface area (TPSA) is 116 Å². The van der Waals surface area contributed by atoms with Gasteiger partial charge in [0.15, 0.2) is 5.82 Å². The Morgan fingerprint density at radius 3 is 2.44 bits per heavy atom. The second-order valence-electron chi connectivity index (χ2n) is 11.7. The molecule has 1 amide bonds. The van der Waals surface area contributed by atoms with Gasteiger partial charge in [-0.3, -0.25) is 9.69 Å². The fourth-order valence-corrected chi connectivity index (χ4v) is 5.22. The van der Waals surface area contributed by atoms with E-state index < -0.39 is 17.6 Å². The molecule has 1 saturated heterocycles. The number of hydrogen-bond donors (Lipinski definition) is 3. The highest BCUT2D eigenvalue weighted by Gasteiger charge is 2.32. The van der Waals surface area contributed by atoms with E-state index in [0.29, 0.717) is 54.1 Å². The van der Waals surface area contributed by atoms with E-state index in [2.05, 4.69) is 54.7 Å². The van der Waals surface area contributed by atoms with Crippen LogP contribution in [0.25, 0.3) is 5.82 Å². The molecule has 0 spiro atoms. The van der Waals surface area contributed by atoms with Crippen LogP contribution in [0.15, 0.2) is 55.1 Å². The largest absolute Gasteiger partial charge is 0.416 e. The van der Waals surface area contributed by atoms with Crippen LogP contribution in [0, 0.1) is 6.92 Å². The number of anilines is 5. The molecule has 45 heavy (non-hydrogen) atoms. The van der Waals surface area contributed by atoms with E-state index in [1.807, 2.05) is 11.8 Å². The first-order valence-corrected chi connectivity index (χ1v) is 14.9. The fourth-order valence-electron chi connectivity index (χ4n) is 5.22. The van der Waals surface area contributed by atoms with Crippen LogP contribution in [0.3, 0.4) is 0 Å². The van der Waals surface area contributed by atoms with Crippen molar-refractivity contribution in [2.75, 3.05) is 47.0 Å². The molecule has 236 valence electrons. The molecule has 3 heterocycles. The normalized spacial score (nSPS) is 15.8. The summed E-state index contributed by atoms with van der Waals surface area (Å²) in [5.74, 6) is 1.02. The fraction of sp³-hybridized carbons (Fsp3) is 0.387. The van der Waals surface area contributed by atoms with Gasteiger partial charge in [-0.05, 0) is 69.5 Å². The lowest BCUT2D eigenvalue weighted by molar-refractivity contribution is -0.137. The first-order valence-electron chi connectivity index (χ1n) is 14.9. The third kappa shape index (κ3) is 7.17. The Morgan fingerprint density at radius 1 is 0.956 bits per heavy atom. The van der Waals surface area contributed by atoms with Crippen molar-refractivity contribution < 1.29 is 18.0 Å². The molecule has 2 aliphatic rings. The first-order chi connectivity index (χ1) is 21.5. The summed E-state index contributed by atoms with van der Waals surface area (Å²) in [5, 5.41) is 13.5. The van der Waals surface area contributed by atoms with Crippen molar-refractivity contribution in [3.05, 3.63) is 71.8 Å². The van der Waals surface area contributed by atoms with Gasteiger partial charge < -0.3 is 20.9 Å². The lowest BCUT2D eigenvalue weighted by Gasteiger charge is -2.38. The summed E-state index contributed by atoms with van der Waals surface area (Å²) >= 11 is 0. The number of rotatable bonds is 9. The van der Waals surface area contributed by atoms with E-state index in [9.17, 15) is 18.0 Å². The Kier molecular flexibility index (Phi) is 8.32. The maximum absolute atomic E-state index is 13.9. The second-order valence-corrected chi connectivity index (χ2v) is 11.7. The maximum Gasteiger partial charge on any atom is 0.416 e. The molecule has 0 bridgehead atoms. The SMILES string of the molecule is Cc1ccc(C(=O)Nc2cc(N3CCN(C(C)C)CC3)cc(C(F)(F)F)c2)cc1Nc1ncnn1-c1cc(NC2CC2)ncn1. The standard InChI is InChI=1S/C31H35F3N10O/c1-19(2)42-8-10-43(11-9-42)25-14-22(31(32,33)34)13-24(15-25)40-29(45)21-5-4-20(3)26(12-21)41-30-37-18-38-44(30)28-16-27(35-17-36-28)39-23-6-7-23/h4-5,12-19,23H,6-11H2,1-3H3,(H,40,45)(H,35,36,39)(H,37,38,41). The number of hydrogen-bond acceptors (Lipinski definition) is 9. The quantitative estimate of drug-likeness (QED) is 0.224. The van der Waals surface area contributed by atoms with Gasteiger partial charge in [0.05, 0.1) is 5.56 Å². The lowest BCUT2D eigenvalue weighted by Crippen LogP contribution is -2.49. The molecule has 0 radical (unpaired) electrons. The van der Waals surface area contributed by atoms with E-state index >= 15 is 0 Å². The molecule has 1 aliphatic heterocycles. The average molecular weight is 621 g/mol. The molecule has 0 atom stereocenters. The highest BCUT2D eigenvalue weighted by atomic mass is 19.4. The van der Waals surface area contributed by atoms with E-state index in [1.54, 1.807) is 30.3 Å². The molecule has 1 aliphatic carbocycles. The van der Waals surface area contributed by atoms with Crippen LogP contribution in [0.4, 0.5) is 42.0 Å². The molecular weight excluding hydrogens is 585 g/mol. The second kappa shape index (κ2) is 12.3. The van der Waals surface area contributed by atoms with Crippen LogP contribution in [0.1, 0.15) is 48.2 Å². The first kappa shape index (κ1) is 30.3. The number of halogens is 3. The van der Waals surface area contributed by atoms with Crippen molar-refractivity contribution in [1.29, 1.82) is 0 Å². The van der Waals surface area contributed by atoms with Crippen molar-refractivity contribution >= 4 is 34.7 Å². The Morgan fingerprint density at radius 2 is 1.73 bits per heavy atom.